The number of likely N-dealkylation sites (tertiary alicyclic amines) is 1. The maximum absolute atomic E-state index is 13.4. The van der Waals surface area contributed by atoms with Crippen molar-refractivity contribution in [3.63, 3.8) is 0 Å². The van der Waals surface area contributed by atoms with E-state index >= 15 is 0 Å². The van der Waals surface area contributed by atoms with Crippen LogP contribution in [0.2, 0.25) is 0 Å². The molecule has 7 nitrogen and oxygen atoms in total. The molecule has 1 aliphatic rings. The molecule has 1 amide bonds. The Bertz CT molecular complexity index is 1040. The Kier molecular flexibility index (Phi) is 4.56. The lowest BCUT2D eigenvalue weighted by Gasteiger charge is -2.31. The van der Waals surface area contributed by atoms with E-state index in [-0.39, 0.29) is 23.2 Å². The fraction of sp³-hybridized carbons (Fsp3) is 0.471. The molecule has 3 aromatic rings. The Balaban J connectivity index is 1.65. The van der Waals surface area contributed by atoms with Gasteiger partial charge in [0, 0.05) is 30.8 Å². The summed E-state index contributed by atoms with van der Waals surface area (Å²) in [6, 6.07) is 2.57. The van der Waals surface area contributed by atoms with Crippen LogP contribution in [0, 0.1) is 13.8 Å². The summed E-state index contributed by atoms with van der Waals surface area (Å²) < 4.78 is 44.7. The molecular weight excluding hydrogens is 393 g/mol. The fourth-order valence-corrected chi connectivity index (χ4v) is 4.12. The van der Waals surface area contributed by atoms with E-state index in [9.17, 15) is 18.0 Å². The quantitative estimate of drug-likeness (QED) is 0.648. The van der Waals surface area contributed by atoms with Crippen molar-refractivity contribution < 1.29 is 18.0 Å². The highest BCUT2D eigenvalue weighted by Gasteiger charge is 2.36. The molecule has 4 heterocycles. The minimum absolute atomic E-state index is 0.147. The van der Waals surface area contributed by atoms with Crippen LogP contribution in [0.3, 0.4) is 0 Å². The van der Waals surface area contributed by atoms with Gasteiger partial charge in [-0.3, -0.25) is 4.79 Å². The van der Waals surface area contributed by atoms with Crippen LogP contribution >= 0.6 is 11.5 Å². The van der Waals surface area contributed by atoms with Crippen molar-refractivity contribution in [1.29, 1.82) is 0 Å². The van der Waals surface area contributed by atoms with E-state index in [1.807, 2.05) is 0 Å². The Morgan fingerprint density at radius 3 is 2.75 bits per heavy atom. The molecule has 1 aliphatic heterocycles. The monoisotopic (exact) mass is 410 g/mol. The van der Waals surface area contributed by atoms with Crippen molar-refractivity contribution in [2.75, 3.05) is 13.1 Å². The third-order valence-corrected chi connectivity index (χ3v) is 5.65. The predicted molar refractivity (Wildman–Crippen MR) is 95.3 cm³/mol. The van der Waals surface area contributed by atoms with Gasteiger partial charge in [0.1, 0.15) is 10.6 Å². The van der Waals surface area contributed by atoms with Gasteiger partial charge >= 0.3 is 6.18 Å². The summed E-state index contributed by atoms with van der Waals surface area (Å²) in [6.07, 6.45) is -3.04. The Hall–Kier alpha value is -2.56. The first-order chi connectivity index (χ1) is 13.2. The largest absolute Gasteiger partial charge is 0.433 e. The summed E-state index contributed by atoms with van der Waals surface area (Å²) in [4.78, 5) is 19.1. The predicted octanol–water partition coefficient (Wildman–Crippen LogP) is 3.24. The second-order valence-corrected chi connectivity index (χ2v) is 7.65. The molecule has 1 atom stereocenters. The van der Waals surface area contributed by atoms with Crippen molar-refractivity contribution in [2.45, 2.75) is 38.8 Å². The van der Waals surface area contributed by atoms with Gasteiger partial charge in [0.2, 0.25) is 0 Å². The van der Waals surface area contributed by atoms with Crippen LogP contribution in [0.5, 0.6) is 0 Å². The summed E-state index contributed by atoms with van der Waals surface area (Å²) in [5.74, 6) is -0.298. The van der Waals surface area contributed by atoms with Crippen molar-refractivity contribution in [2.24, 2.45) is 0 Å². The highest BCUT2D eigenvalue weighted by atomic mass is 32.1. The molecule has 0 radical (unpaired) electrons. The summed E-state index contributed by atoms with van der Waals surface area (Å²) >= 11 is 1.05. The molecule has 4 rings (SSSR count). The zero-order valence-corrected chi connectivity index (χ0v) is 16.0. The van der Waals surface area contributed by atoms with E-state index < -0.39 is 11.9 Å². The van der Waals surface area contributed by atoms with Gasteiger partial charge < -0.3 is 4.90 Å². The highest BCUT2D eigenvalue weighted by molar-refractivity contribution is 7.07. The number of carbonyl (C=O) groups is 1. The van der Waals surface area contributed by atoms with Gasteiger partial charge in [-0.15, -0.1) is 5.10 Å². The van der Waals surface area contributed by atoms with E-state index in [1.165, 1.54) is 6.92 Å². The SMILES string of the molecule is Cc1cc(C(F)(F)F)n2nc(C3CCCN(C(=O)c4snnc4C)C3)cc2n1. The molecule has 0 saturated carbocycles. The average molecular weight is 410 g/mol. The molecule has 3 aromatic heterocycles. The molecule has 1 saturated heterocycles. The van der Waals surface area contributed by atoms with Gasteiger partial charge in [0.05, 0.1) is 11.4 Å². The number of aryl methyl sites for hydroxylation is 2. The lowest BCUT2D eigenvalue weighted by atomic mass is 9.94. The molecule has 28 heavy (non-hydrogen) atoms. The van der Waals surface area contributed by atoms with Crippen molar-refractivity contribution in [3.05, 3.63) is 39.8 Å². The molecule has 0 aromatic carbocycles. The number of alkyl halides is 3. The summed E-state index contributed by atoms with van der Waals surface area (Å²) in [5, 5.41) is 8.06. The van der Waals surface area contributed by atoms with Crippen LogP contribution in [0.4, 0.5) is 13.2 Å². The number of hydrogen-bond acceptors (Lipinski definition) is 6. The first kappa shape index (κ1) is 18.8. The first-order valence-electron chi connectivity index (χ1n) is 8.77. The van der Waals surface area contributed by atoms with E-state index in [0.717, 1.165) is 35.0 Å². The second-order valence-electron chi connectivity index (χ2n) is 6.90. The molecule has 0 bridgehead atoms. The van der Waals surface area contributed by atoms with E-state index in [1.54, 1.807) is 17.9 Å². The highest BCUT2D eigenvalue weighted by Crippen LogP contribution is 2.32. The number of piperidine rings is 1. The van der Waals surface area contributed by atoms with Crippen LogP contribution in [0.15, 0.2) is 12.1 Å². The third kappa shape index (κ3) is 3.34. The zero-order valence-electron chi connectivity index (χ0n) is 15.2. The molecule has 11 heteroatoms. The van der Waals surface area contributed by atoms with E-state index in [2.05, 4.69) is 19.7 Å². The van der Waals surface area contributed by atoms with E-state index in [0.29, 0.717) is 29.4 Å². The van der Waals surface area contributed by atoms with Gasteiger partial charge in [0.25, 0.3) is 5.91 Å². The molecular formula is C17H17F3N6OS. The number of rotatable bonds is 2. The summed E-state index contributed by atoms with van der Waals surface area (Å²) in [6.45, 7) is 4.23. The Morgan fingerprint density at radius 2 is 2.07 bits per heavy atom. The van der Waals surface area contributed by atoms with Crippen LogP contribution in [0.25, 0.3) is 5.65 Å². The lowest BCUT2D eigenvalue weighted by molar-refractivity contribution is -0.142. The number of hydrogen-bond donors (Lipinski definition) is 0. The fourth-order valence-electron chi connectivity index (χ4n) is 3.49. The smallest absolute Gasteiger partial charge is 0.337 e. The number of fused-ring (bicyclic) bond motifs is 1. The molecule has 1 fully saturated rings. The maximum atomic E-state index is 13.4. The normalized spacial score (nSPS) is 18.0. The second kappa shape index (κ2) is 6.80. The number of halogens is 3. The third-order valence-electron chi connectivity index (χ3n) is 4.84. The standard InChI is InChI=1S/C17H17F3N6OS/c1-9-6-13(17(18,19)20)26-14(21-9)7-12(23-26)11-4-3-5-25(8-11)16(27)15-10(2)22-24-28-15/h6-7,11H,3-5,8H2,1-2H3. The number of carbonyl (C=O) groups excluding carboxylic acids is 1. The Labute approximate surface area is 162 Å². The zero-order chi connectivity index (χ0) is 20.1. The van der Waals surface area contributed by atoms with Crippen molar-refractivity contribution >= 4 is 23.1 Å². The minimum atomic E-state index is -4.53. The average Bonchev–Trinajstić information content (AvgIpc) is 3.25. The van der Waals surface area contributed by atoms with Gasteiger partial charge in [0.15, 0.2) is 5.65 Å². The Morgan fingerprint density at radius 1 is 1.29 bits per heavy atom. The van der Waals surface area contributed by atoms with Crippen molar-refractivity contribution in [3.8, 4) is 0 Å². The molecule has 148 valence electrons. The summed E-state index contributed by atoms with van der Waals surface area (Å²) in [7, 11) is 0. The van der Waals surface area contributed by atoms with E-state index in [4.69, 9.17) is 0 Å². The first-order valence-corrected chi connectivity index (χ1v) is 9.54. The molecule has 0 N–H and O–H groups in total. The van der Waals surface area contributed by atoms with Gasteiger partial charge in [-0.25, -0.2) is 9.50 Å². The minimum Gasteiger partial charge on any atom is -0.337 e. The van der Waals surface area contributed by atoms with Crippen LogP contribution in [0.1, 0.15) is 51.2 Å². The number of amides is 1. The van der Waals surface area contributed by atoms with Crippen LogP contribution in [-0.4, -0.2) is 48.1 Å². The van der Waals surface area contributed by atoms with Gasteiger partial charge in [-0.05, 0) is 44.3 Å². The van der Waals surface area contributed by atoms with Gasteiger partial charge in [-0.2, -0.15) is 18.3 Å². The van der Waals surface area contributed by atoms with Crippen LogP contribution < -0.4 is 0 Å². The molecule has 0 spiro atoms. The van der Waals surface area contributed by atoms with Crippen LogP contribution in [-0.2, 0) is 6.18 Å². The topological polar surface area (TPSA) is 76.3 Å². The maximum Gasteiger partial charge on any atom is 0.433 e. The lowest BCUT2D eigenvalue weighted by Crippen LogP contribution is -2.39. The number of nitrogens with zero attached hydrogens (tertiary/aromatic N) is 6. The number of aromatic nitrogens is 5. The van der Waals surface area contributed by atoms with Gasteiger partial charge in [-0.1, -0.05) is 4.49 Å². The summed E-state index contributed by atoms with van der Waals surface area (Å²) in [5.41, 5.74) is 0.684. The molecule has 1 unspecified atom stereocenters. The van der Waals surface area contributed by atoms with Crippen molar-refractivity contribution in [1.82, 2.24) is 29.1 Å². The molecule has 0 aliphatic carbocycles.